The number of carbonyl (C=O) groups is 4. The maximum atomic E-state index is 13.8. The molecule has 0 bridgehead atoms. The number of amides is 5. The summed E-state index contributed by atoms with van der Waals surface area (Å²) in [5, 5.41) is 2.72. The molecule has 11 nitrogen and oxygen atoms in total. The first kappa shape index (κ1) is 27.2. The van der Waals surface area contributed by atoms with Crippen molar-refractivity contribution in [2.45, 2.75) is 44.0 Å². The van der Waals surface area contributed by atoms with Gasteiger partial charge >= 0.3 is 6.03 Å². The second-order valence-corrected chi connectivity index (χ2v) is 10.3. The molecule has 3 N–H and O–H groups in total. The van der Waals surface area contributed by atoms with E-state index in [9.17, 15) is 19.2 Å². The molecule has 11 heteroatoms. The summed E-state index contributed by atoms with van der Waals surface area (Å²) in [7, 11) is 1.44. The molecule has 2 fully saturated rings. The van der Waals surface area contributed by atoms with Crippen molar-refractivity contribution in [2.75, 3.05) is 33.3 Å². The van der Waals surface area contributed by atoms with Crippen LogP contribution in [0.3, 0.4) is 0 Å². The topological polar surface area (TPSA) is 138 Å². The lowest BCUT2D eigenvalue weighted by Crippen LogP contribution is -2.67. The summed E-state index contributed by atoms with van der Waals surface area (Å²) >= 11 is 0. The number of rotatable bonds is 9. The van der Waals surface area contributed by atoms with Crippen molar-refractivity contribution in [3.05, 3.63) is 66.0 Å². The Morgan fingerprint density at radius 3 is 2.50 bits per heavy atom. The van der Waals surface area contributed by atoms with Crippen LogP contribution in [0.2, 0.25) is 0 Å². The van der Waals surface area contributed by atoms with Crippen LogP contribution >= 0.6 is 0 Å². The van der Waals surface area contributed by atoms with Crippen molar-refractivity contribution in [2.24, 2.45) is 5.73 Å². The maximum absolute atomic E-state index is 13.8. The summed E-state index contributed by atoms with van der Waals surface area (Å²) in [6, 6.07) is 13.4. The van der Waals surface area contributed by atoms with Crippen LogP contribution in [0.15, 0.2) is 54.7 Å². The Labute approximate surface area is 221 Å². The molecule has 202 valence electrons. The van der Waals surface area contributed by atoms with Crippen molar-refractivity contribution in [3.63, 3.8) is 0 Å². The summed E-state index contributed by atoms with van der Waals surface area (Å²) in [6.45, 7) is 3.60. The van der Waals surface area contributed by atoms with Gasteiger partial charge in [-0.1, -0.05) is 36.4 Å². The highest BCUT2D eigenvalue weighted by Crippen LogP contribution is 2.34. The number of nitrogens with zero attached hydrogens (tertiary/aromatic N) is 4. The predicted octanol–water partition coefficient (Wildman–Crippen LogP) is 0.538. The van der Waals surface area contributed by atoms with Crippen LogP contribution in [-0.4, -0.2) is 93.8 Å². The standard InChI is InChI=1S/C27H34N6O5/c1-26(2,28)23(35)30-21(17-38-16-19-9-5-4-6-10-19)22(34)32-13-14-33-25(37)31(3)24(36)27(33,18-32)15-20-11-7-8-12-29-20/h4-12,21H,13-18,28H2,1-3H3,(H,30,35). The Hall–Kier alpha value is -3.83. The molecule has 38 heavy (non-hydrogen) atoms. The van der Waals surface area contributed by atoms with E-state index in [4.69, 9.17) is 10.5 Å². The van der Waals surface area contributed by atoms with Gasteiger partial charge in [-0.25, -0.2) is 4.79 Å². The Balaban J connectivity index is 1.57. The first-order valence-electron chi connectivity index (χ1n) is 12.5. The van der Waals surface area contributed by atoms with E-state index in [2.05, 4.69) is 10.3 Å². The molecule has 5 amide bonds. The molecule has 4 rings (SSSR count). The SMILES string of the molecule is CN1C(=O)N2CCN(C(=O)C(COCc3ccccc3)NC(=O)C(C)(C)N)CC2(Cc2ccccn2)C1=O. The first-order valence-corrected chi connectivity index (χ1v) is 12.5. The predicted molar refractivity (Wildman–Crippen MR) is 138 cm³/mol. The Morgan fingerprint density at radius 2 is 1.84 bits per heavy atom. The van der Waals surface area contributed by atoms with E-state index in [1.165, 1.54) is 16.8 Å². The molecular weight excluding hydrogens is 488 g/mol. The quantitative estimate of drug-likeness (QED) is 0.459. The molecule has 0 radical (unpaired) electrons. The van der Waals surface area contributed by atoms with Gasteiger partial charge in [-0.2, -0.15) is 0 Å². The number of hydrogen-bond acceptors (Lipinski definition) is 7. The van der Waals surface area contributed by atoms with E-state index in [1.54, 1.807) is 32.2 Å². The average molecular weight is 523 g/mol. The van der Waals surface area contributed by atoms with Crippen LogP contribution in [-0.2, 0) is 32.1 Å². The number of aromatic nitrogens is 1. The molecule has 2 unspecified atom stereocenters. The Bertz CT molecular complexity index is 1190. The molecule has 3 heterocycles. The van der Waals surface area contributed by atoms with E-state index in [-0.39, 0.29) is 39.3 Å². The van der Waals surface area contributed by atoms with Crippen molar-refractivity contribution >= 4 is 23.8 Å². The zero-order valence-electron chi connectivity index (χ0n) is 21.9. The maximum Gasteiger partial charge on any atom is 0.327 e. The average Bonchev–Trinajstić information content (AvgIpc) is 3.08. The monoisotopic (exact) mass is 522 g/mol. The number of nitrogens with two attached hydrogens (primary N) is 1. The molecule has 1 aromatic carbocycles. The number of carbonyl (C=O) groups excluding carboxylic acids is 4. The third kappa shape index (κ3) is 5.53. The number of ether oxygens (including phenoxy) is 1. The van der Waals surface area contributed by atoms with Crippen LogP contribution in [0.25, 0.3) is 0 Å². The van der Waals surface area contributed by atoms with Crippen molar-refractivity contribution in [1.82, 2.24) is 25.0 Å². The normalized spacial score (nSPS) is 20.4. The van der Waals surface area contributed by atoms with Gasteiger partial charge in [0.2, 0.25) is 11.8 Å². The second kappa shape index (κ2) is 10.9. The minimum absolute atomic E-state index is 0.0333. The number of nitrogens with one attached hydrogen (secondary N) is 1. The first-order chi connectivity index (χ1) is 18.0. The van der Waals surface area contributed by atoms with Crippen LogP contribution in [0.1, 0.15) is 25.1 Å². The van der Waals surface area contributed by atoms with Gasteiger partial charge in [0, 0.05) is 38.4 Å². The number of imide groups is 1. The molecule has 2 aliphatic heterocycles. The smallest absolute Gasteiger partial charge is 0.327 e. The number of pyridine rings is 1. The molecule has 2 aromatic rings. The second-order valence-electron chi connectivity index (χ2n) is 10.3. The third-order valence-electron chi connectivity index (χ3n) is 6.88. The van der Waals surface area contributed by atoms with E-state index in [0.29, 0.717) is 5.69 Å². The summed E-state index contributed by atoms with van der Waals surface area (Å²) in [6.07, 6.45) is 1.78. The lowest BCUT2D eigenvalue weighted by Gasteiger charge is -2.45. The largest absolute Gasteiger partial charge is 0.374 e. The molecular formula is C27H34N6O5. The fourth-order valence-corrected chi connectivity index (χ4v) is 4.78. The molecule has 2 saturated heterocycles. The van der Waals surface area contributed by atoms with Crippen LogP contribution in [0, 0.1) is 0 Å². The van der Waals surface area contributed by atoms with Gasteiger partial charge in [0.1, 0.15) is 11.6 Å². The van der Waals surface area contributed by atoms with E-state index < -0.39 is 40.9 Å². The lowest BCUT2D eigenvalue weighted by atomic mass is 9.88. The number of hydrogen-bond donors (Lipinski definition) is 2. The highest BCUT2D eigenvalue weighted by molar-refractivity contribution is 6.07. The van der Waals surface area contributed by atoms with Gasteiger partial charge in [0.15, 0.2) is 0 Å². The minimum atomic E-state index is -1.29. The lowest BCUT2D eigenvalue weighted by molar-refractivity contribution is -0.146. The molecule has 2 aliphatic rings. The number of piperazine rings is 1. The third-order valence-corrected chi connectivity index (χ3v) is 6.88. The summed E-state index contributed by atoms with van der Waals surface area (Å²) in [5.41, 5.74) is 5.02. The van der Waals surface area contributed by atoms with Gasteiger partial charge in [-0.15, -0.1) is 0 Å². The summed E-state index contributed by atoms with van der Waals surface area (Å²) in [5.74, 6) is -1.31. The highest BCUT2D eigenvalue weighted by atomic mass is 16.5. The van der Waals surface area contributed by atoms with E-state index in [0.717, 1.165) is 10.5 Å². The van der Waals surface area contributed by atoms with Crippen LogP contribution in [0.4, 0.5) is 4.79 Å². The number of fused-ring (bicyclic) bond motifs is 1. The van der Waals surface area contributed by atoms with E-state index >= 15 is 0 Å². The zero-order valence-corrected chi connectivity index (χ0v) is 21.9. The number of urea groups is 1. The zero-order chi connectivity index (χ0) is 27.5. The van der Waals surface area contributed by atoms with E-state index in [1.807, 2.05) is 36.4 Å². The van der Waals surface area contributed by atoms with Gasteiger partial charge < -0.3 is 25.6 Å². The molecule has 2 atom stereocenters. The molecule has 0 spiro atoms. The highest BCUT2D eigenvalue weighted by Gasteiger charge is 2.59. The number of likely N-dealkylation sites (N-methyl/N-ethyl adjacent to an activating group) is 1. The fourth-order valence-electron chi connectivity index (χ4n) is 4.78. The Kier molecular flexibility index (Phi) is 7.79. The molecule has 0 aliphatic carbocycles. The van der Waals surface area contributed by atoms with Gasteiger partial charge in [-0.05, 0) is 31.5 Å². The van der Waals surface area contributed by atoms with Crippen LogP contribution in [0.5, 0.6) is 0 Å². The fraction of sp³-hybridized carbons (Fsp3) is 0.444. The molecule has 1 aromatic heterocycles. The van der Waals surface area contributed by atoms with Gasteiger partial charge in [0.25, 0.3) is 5.91 Å². The van der Waals surface area contributed by atoms with Crippen molar-refractivity contribution in [1.29, 1.82) is 0 Å². The minimum Gasteiger partial charge on any atom is -0.374 e. The van der Waals surface area contributed by atoms with Gasteiger partial charge in [0.05, 0.1) is 25.3 Å². The summed E-state index contributed by atoms with van der Waals surface area (Å²) < 4.78 is 5.82. The van der Waals surface area contributed by atoms with Crippen molar-refractivity contribution < 1.29 is 23.9 Å². The molecule has 0 saturated carbocycles. The summed E-state index contributed by atoms with van der Waals surface area (Å²) in [4.78, 5) is 61.4. The number of benzene rings is 1. The Morgan fingerprint density at radius 1 is 1.13 bits per heavy atom. The van der Waals surface area contributed by atoms with Gasteiger partial charge in [-0.3, -0.25) is 24.3 Å². The van der Waals surface area contributed by atoms with Crippen molar-refractivity contribution in [3.8, 4) is 0 Å². The van der Waals surface area contributed by atoms with Crippen LogP contribution < -0.4 is 11.1 Å².